The summed E-state index contributed by atoms with van der Waals surface area (Å²) in [5, 5.41) is 8.76. The van der Waals surface area contributed by atoms with Crippen LogP contribution in [0, 0.1) is 13.8 Å². The Labute approximate surface area is 108 Å². The molecule has 98 valence electrons. The molecular weight excluding hydrogens is 228 g/mol. The van der Waals surface area contributed by atoms with Gasteiger partial charge in [-0.15, -0.1) is 0 Å². The van der Waals surface area contributed by atoms with Crippen LogP contribution in [0.1, 0.15) is 36.5 Å². The highest BCUT2D eigenvalue weighted by Gasteiger charge is 2.09. The first-order valence-corrected chi connectivity index (χ1v) is 6.06. The lowest BCUT2D eigenvalue weighted by atomic mass is 9.93. The number of hydrogen-bond acceptors (Lipinski definition) is 2. The van der Waals surface area contributed by atoms with Gasteiger partial charge in [-0.05, 0) is 54.7 Å². The Morgan fingerprint density at radius 2 is 1.89 bits per heavy atom. The molecule has 3 nitrogen and oxygen atoms in total. The second-order valence-electron chi connectivity index (χ2n) is 4.32. The number of ether oxygens (including phenoxy) is 1. The quantitative estimate of drug-likeness (QED) is 0.866. The Kier molecular flexibility index (Phi) is 4.95. The summed E-state index contributed by atoms with van der Waals surface area (Å²) in [4.78, 5) is 10.7. The third-order valence-electron chi connectivity index (χ3n) is 2.97. The molecule has 0 unspecified atom stereocenters. The van der Waals surface area contributed by atoms with Crippen LogP contribution in [0.5, 0.6) is 5.75 Å². The molecule has 0 spiro atoms. The molecule has 1 rings (SSSR count). The number of hydrogen-bond donors (Lipinski definition) is 1. The van der Waals surface area contributed by atoms with Gasteiger partial charge in [-0.25, -0.2) is 0 Å². The van der Waals surface area contributed by atoms with Gasteiger partial charge < -0.3 is 9.84 Å². The predicted molar refractivity (Wildman–Crippen MR) is 73.0 cm³/mol. The van der Waals surface area contributed by atoms with Gasteiger partial charge in [0.25, 0.3) is 0 Å². The van der Waals surface area contributed by atoms with Crippen molar-refractivity contribution in [2.45, 2.75) is 33.6 Å². The molecular formula is C15H20O3. The highest BCUT2D eigenvalue weighted by atomic mass is 16.5. The van der Waals surface area contributed by atoms with Gasteiger partial charge in [-0.1, -0.05) is 13.0 Å². The van der Waals surface area contributed by atoms with E-state index in [2.05, 4.69) is 0 Å². The number of rotatable bonds is 5. The van der Waals surface area contributed by atoms with E-state index in [1.807, 2.05) is 32.9 Å². The minimum atomic E-state index is -0.801. The van der Waals surface area contributed by atoms with Gasteiger partial charge in [-0.3, -0.25) is 4.79 Å². The van der Waals surface area contributed by atoms with Crippen molar-refractivity contribution < 1.29 is 14.6 Å². The number of allylic oxidation sites excluding steroid dienone is 1. The highest BCUT2D eigenvalue weighted by Crippen LogP contribution is 2.29. The number of carbonyl (C=O) groups is 1. The second kappa shape index (κ2) is 6.24. The smallest absolute Gasteiger partial charge is 0.307 e. The van der Waals surface area contributed by atoms with Crippen LogP contribution in [-0.2, 0) is 4.79 Å². The number of carboxylic acids is 1. The average Bonchev–Trinajstić information content (AvgIpc) is 2.31. The zero-order chi connectivity index (χ0) is 13.7. The SMILES string of the molecule is CC/C(=C\CC(=O)O)c1c(C)cc(OC)cc1C. The number of carboxylic acid groups (broad SMARTS) is 1. The topological polar surface area (TPSA) is 46.5 Å². The van der Waals surface area contributed by atoms with Gasteiger partial charge in [0.05, 0.1) is 13.5 Å². The van der Waals surface area contributed by atoms with Crippen LogP contribution >= 0.6 is 0 Å². The van der Waals surface area contributed by atoms with Crippen LogP contribution in [0.4, 0.5) is 0 Å². The molecule has 18 heavy (non-hydrogen) atoms. The van der Waals surface area contributed by atoms with Crippen molar-refractivity contribution in [3.8, 4) is 5.75 Å². The maximum atomic E-state index is 10.7. The summed E-state index contributed by atoms with van der Waals surface area (Å²) in [5.74, 6) is 0.0344. The number of aliphatic carboxylic acids is 1. The molecule has 1 aromatic carbocycles. The van der Waals surface area contributed by atoms with E-state index in [0.29, 0.717) is 0 Å². The Morgan fingerprint density at radius 1 is 1.33 bits per heavy atom. The van der Waals surface area contributed by atoms with Gasteiger partial charge in [-0.2, -0.15) is 0 Å². The van der Waals surface area contributed by atoms with Crippen molar-refractivity contribution in [2.75, 3.05) is 7.11 Å². The lowest BCUT2D eigenvalue weighted by Gasteiger charge is -2.14. The Balaban J connectivity index is 3.21. The molecule has 0 aliphatic carbocycles. The monoisotopic (exact) mass is 248 g/mol. The van der Waals surface area contributed by atoms with Crippen LogP contribution in [-0.4, -0.2) is 18.2 Å². The van der Waals surface area contributed by atoms with E-state index >= 15 is 0 Å². The van der Waals surface area contributed by atoms with Crippen LogP contribution in [0.2, 0.25) is 0 Å². The minimum Gasteiger partial charge on any atom is -0.497 e. The fourth-order valence-electron chi connectivity index (χ4n) is 2.18. The molecule has 0 amide bonds. The summed E-state index contributed by atoms with van der Waals surface area (Å²) >= 11 is 0. The highest BCUT2D eigenvalue weighted by molar-refractivity contribution is 5.76. The number of aryl methyl sites for hydroxylation is 2. The fraction of sp³-hybridized carbons (Fsp3) is 0.400. The summed E-state index contributed by atoms with van der Waals surface area (Å²) in [6.07, 6.45) is 2.68. The summed E-state index contributed by atoms with van der Waals surface area (Å²) in [6.45, 7) is 6.08. The van der Waals surface area contributed by atoms with E-state index in [0.717, 1.165) is 34.4 Å². The predicted octanol–water partition coefficient (Wildman–Crippen LogP) is 3.58. The third kappa shape index (κ3) is 3.36. The van der Waals surface area contributed by atoms with E-state index in [-0.39, 0.29) is 6.42 Å². The Morgan fingerprint density at radius 3 is 2.28 bits per heavy atom. The van der Waals surface area contributed by atoms with Crippen LogP contribution in [0.3, 0.4) is 0 Å². The maximum Gasteiger partial charge on any atom is 0.307 e. The van der Waals surface area contributed by atoms with Gasteiger partial charge in [0.15, 0.2) is 0 Å². The third-order valence-corrected chi connectivity index (χ3v) is 2.97. The molecule has 0 aliphatic heterocycles. The lowest BCUT2D eigenvalue weighted by Crippen LogP contribution is -1.97. The van der Waals surface area contributed by atoms with Crippen LogP contribution in [0.25, 0.3) is 5.57 Å². The molecule has 0 fully saturated rings. The molecule has 0 saturated heterocycles. The van der Waals surface area contributed by atoms with E-state index in [1.165, 1.54) is 0 Å². The van der Waals surface area contributed by atoms with Crippen molar-refractivity contribution in [2.24, 2.45) is 0 Å². The molecule has 3 heteroatoms. The van der Waals surface area contributed by atoms with Gasteiger partial charge in [0, 0.05) is 0 Å². The lowest BCUT2D eigenvalue weighted by molar-refractivity contribution is -0.135. The van der Waals surface area contributed by atoms with E-state index in [1.54, 1.807) is 13.2 Å². The normalized spacial score (nSPS) is 11.4. The van der Waals surface area contributed by atoms with Crippen molar-refractivity contribution in [3.05, 3.63) is 34.9 Å². The molecule has 0 radical (unpaired) electrons. The summed E-state index contributed by atoms with van der Waals surface area (Å²) < 4.78 is 5.23. The Hall–Kier alpha value is -1.77. The second-order valence-corrected chi connectivity index (χ2v) is 4.32. The molecule has 0 aromatic heterocycles. The van der Waals surface area contributed by atoms with Crippen LogP contribution < -0.4 is 4.74 Å². The molecule has 0 atom stereocenters. The molecule has 0 heterocycles. The fourth-order valence-corrected chi connectivity index (χ4v) is 2.18. The maximum absolute atomic E-state index is 10.7. The Bertz CT molecular complexity index is 450. The van der Waals surface area contributed by atoms with Gasteiger partial charge in [0.2, 0.25) is 0 Å². The zero-order valence-corrected chi connectivity index (χ0v) is 11.4. The van der Waals surface area contributed by atoms with Gasteiger partial charge in [0.1, 0.15) is 5.75 Å². The molecule has 1 N–H and O–H groups in total. The zero-order valence-electron chi connectivity index (χ0n) is 11.4. The first-order chi connectivity index (χ1) is 8.49. The summed E-state index contributed by atoms with van der Waals surface area (Å²) in [5.41, 5.74) is 4.45. The number of benzene rings is 1. The standard InChI is InChI=1S/C15H20O3/c1-5-12(6-7-14(16)17)15-10(2)8-13(18-4)9-11(15)3/h6,8-9H,5,7H2,1-4H3,(H,16,17)/b12-6+. The largest absolute Gasteiger partial charge is 0.497 e. The summed E-state index contributed by atoms with van der Waals surface area (Å²) in [6, 6.07) is 3.96. The van der Waals surface area contributed by atoms with E-state index in [4.69, 9.17) is 9.84 Å². The number of methoxy groups -OCH3 is 1. The molecule has 0 aliphatic rings. The average molecular weight is 248 g/mol. The van der Waals surface area contributed by atoms with Crippen molar-refractivity contribution >= 4 is 11.5 Å². The van der Waals surface area contributed by atoms with Crippen LogP contribution in [0.15, 0.2) is 18.2 Å². The summed E-state index contributed by atoms with van der Waals surface area (Å²) in [7, 11) is 1.65. The van der Waals surface area contributed by atoms with Crippen molar-refractivity contribution in [1.82, 2.24) is 0 Å². The minimum absolute atomic E-state index is 0.0636. The molecule has 0 bridgehead atoms. The van der Waals surface area contributed by atoms with E-state index in [9.17, 15) is 4.79 Å². The van der Waals surface area contributed by atoms with E-state index < -0.39 is 5.97 Å². The van der Waals surface area contributed by atoms with Crippen molar-refractivity contribution in [3.63, 3.8) is 0 Å². The molecule has 1 aromatic rings. The first kappa shape index (κ1) is 14.3. The van der Waals surface area contributed by atoms with Gasteiger partial charge >= 0.3 is 5.97 Å². The molecule has 0 saturated carbocycles. The first-order valence-electron chi connectivity index (χ1n) is 6.06. The van der Waals surface area contributed by atoms with Crippen molar-refractivity contribution in [1.29, 1.82) is 0 Å².